The van der Waals surface area contributed by atoms with E-state index in [1.54, 1.807) is 0 Å². The zero-order chi connectivity index (χ0) is 22.3. The second-order valence-corrected chi connectivity index (χ2v) is 9.05. The normalized spacial score (nSPS) is 18.8. The van der Waals surface area contributed by atoms with Crippen LogP contribution in [0.3, 0.4) is 0 Å². The molecule has 2 amide bonds. The SMILES string of the molecule is O=C(CC(NC(=O)OCC1c2ccccc2-c2ccccc21)C1CC1)NC1(C(=O)O)CC1. The molecule has 2 saturated carbocycles. The first-order chi connectivity index (χ1) is 15.5. The van der Waals surface area contributed by atoms with E-state index in [1.165, 1.54) is 0 Å². The summed E-state index contributed by atoms with van der Waals surface area (Å²) in [7, 11) is 0. The van der Waals surface area contributed by atoms with Gasteiger partial charge in [0.15, 0.2) is 0 Å². The van der Waals surface area contributed by atoms with Gasteiger partial charge in [-0.25, -0.2) is 9.59 Å². The van der Waals surface area contributed by atoms with Crippen molar-refractivity contribution in [2.75, 3.05) is 6.61 Å². The Balaban J connectivity index is 1.20. The number of aliphatic carboxylic acids is 1. The molecule has 1 unspecified atom stereocenters. The maximum atomic E-state index is 12.6. The van der Waals surface area contributed by atoms with Crippen molar-refractivity contribution >= 4 is 18.0 Å². The third-order valence-electron chi connectivity index (χ3n) is 6.78. The van der Waals surface area contributed by atoms with Crippen LogP contribution in [0.25, 0.3) is 11.1 Å². The molecule has 0 saturated heterocycles. The molecule has 0 radical (unpaired) electrons. The molecule has 3 aliphatic carbocycles. The highest BCUT2D eigenvalue weighted by atomic mass is 16.5. The number of alkyl carbamates (subject to hydrolysis) is 1. The van der Waals surface area contributed by atoms with Crippen LogP contribution in [0.1, 0.15) is 49.1 Å². The topological polar surface area (TPSA) is 105 Å². The van der Waals surface area contributed by atoms with Gasteiger partial charge in [0.2, 0.25) is 5.91 Å². The van der Waals surface area contributed by atoms with Gasteiger partial charge in [-0.15, -0.1) is 0 Å². The van der Waals surface area contributed by atoms with Gasteiger partial charge in [-0.05, 0) is 53.9 Å². The van der Waals surface area contributed by atoms with Crippen molar-refractivity contribution in [2.45, 2.75) is 49.6 Å². The van der Waals surface area contributed by atoms with E-state index >= 15 is 0 Å². The molecule has 0 aromatic heterocycles. The maximum absolute atomic E-state index is 12.6. The van der Waals surface area contributed by atoms with Crippen molar-refractivity contribution in [3.8, 4) is 11.1 Å². The van der Waals surface area contributed by atoms with E-state index in [2.05, 4.69) is 34.9 Å². The largest absolute Gasteiger partial charge is 0.480 e. The van der Waals surface area contributed by atoms with E-state index in [4.69, 9.17) is 4.74 Å². The Kier molecular flexibility index (Phi) is 5.12. The van der Waals surface area contributed by atoms with Crippen LogP contribution >= 0.6 is 0 Å². The van der Waals surface area contributed by atoms with E-state index in [0.29, 0.717) is 12.8 Å². The van der Waals surface area contributed by atoms with Crippen LogP contribution in [0.2, 0.25) is 0 Å². The lowest BCUT2D eigenvalue weighted by atomic mass is 9.98. The average Bonchev–Trinajstić information content (AvgIpc) is 3.70. The summed E-state index contributed by atoms with van der Waals surface area (Å²) in [6.07, 6.45) is 2.28. The third kappa shape index (κ3) is 3.95. The quantitative estimate of drug-likeness (QED) is 0.590. The minimum absolute atomic E-state index is 0.0267. The molecule has 166 valence electrons. The molecule has 32 heavy (non-hydrogen) atoms. The Bertz CT molecular complexity index is 1030. The average molecular weight is 434 g/mol. The number of carboxylic acids is 1. The predicted molar refractivity (Wildman–Crippen MR) is 117 cm³/mol. The van der Waals surface area contributed by atoms with Crippen LogP contribution in [-0.4, -0.2) is 41.3 Å². The van der Waals surface area contributed by atoms with Gasteiger partial charge in [-0.1, -0.05) is 48.5 Å². The van der Waals surface area contributed by atoms with Gasteiger partial charge in [0, 0.05) is 18.4 Å². The summed E-state index contributed by atoms with van der Waals surface area (Å²) in [5.41, 5.74) is 3.50. The summed E-state index contributed by atoms with van der Waals surface area (Å²) in [4.78, 5) is 36.3. The Morgan fingerprint density at radius 3 is 2.12 bits per heavy atom. The van der Waals surface area contributed by atoms with Gasteiger partial charge in [-0.2, -0.15) is 0 Å². The Hall–Kier alpha value is -3.35. The van der Waals surface area contributed by atoms with Crippen LogP contribution < -0.4 is 10.6 Å². The molecule has 0 bridgehead atoms. The molecule has 3 aliphatic rings. The van der Waals surface area contributed by atoms with Crippen molar-refractivity contribution in [1.29, 1.82) is 0 Å². The Labute approximate surface area is 186 Å². The van der Waals surface area contributed by atoms with Crippen LogP contribution in [0, 0.1) is 5.92 Å². The molecule has 3 N–H and O–H groups in total. The number of ether oxygens (including phenoxy) is 1. The summed E-state index contributed by atoms with van der Waals surface area (Å²) in [6.45, 7) is 0.214. The molecule has 2 aromatic carbocycles. The fraction of sp³-hybridized carbons (Fsp3) is 0.400. The second kappa shape index (κ2) is 7.97. The van der Waals surface area contributed by atoms with E-state index in [1.807, 2.05) is 24.3 Å². The Morgan fingerprint density at radius 1 is 1.00 bits per heavy atom. The molecular weight excluding hydrogens is 408 g/mol. The number of hydrogen-bond donors (Lipinski definition) is 3. The van der Waals surface area contributed by atoms with E-state index in [-0.39, 0.29) is 36.8 Å². The summed E-state index contributed by atoms with van der Waals surface area (Å²) in [5.74, 6) is -1.15. The Morgan fingerprint density at radius 2 is 1.59 bits per heavy atom. The predicted octanol–water partition coefficient (Wildman–Crippen LogP) is 3.43. The number of hydrogen-bond acceptors (Lipinski definition) is 4. The van der Waals surface area contributed by atoms with E-state index in [0.717, 1.165) is 35.1 Å². The monoisotopic (exact) mass is 434 g/mol. The first kappa shape index (κ1) is 20.5. The molecular formula is C25H26N2O5. The first-order valence-corrected chi connectivity index (χ1v) is 11.1. The lowest BCUT2D eigenvalue weighted by Gasteiger charge is -2.20. The molecule has 0 spiro atoms. The van der Waals surface area contributed by atoms with Gasteiger partial charge < -0.3 is 20.5 Å². The summed E-state index contributed by atoms with van der Waals surface area (Å²) < 4.78 is 5.61. The van der Waals surface area contributed by atoms with Gasteiger partial charge in [0.05, 0.1) is 0 Å². The molecule has 7 heteroatoms. The minimum Gasteiger partial charge on any atom is -0.480 e. The summed E-state index contributed by atoms with van der Waals surface area (Å²) in [6, 6.07) is 15.9. The number of carbonyl (C=O) groups is 3. The van der Waals surface area contributed by atoms with Crippen molar-refractivity contribution < 1.29 is 24.2 Å². The number of nitrogens with one attached hydrogen (secondary N) is 2. The van der Waals surface area contributed by atoms with Crippen LogP contribution in [-0.2, 0) is 14.3 Å². The minimum atomic E-state index is -1.12. The number of amides is 2. The highest BCUT2D eigenvalue weighted by Gasteiger charge is 2.52. The van der Waals surface area contributed by atoms with Crippen molar-refractivity contribution in [2.24, 2.45) is 5.92 Å². The fourth-order valence-electron chi connectivity index (χ4n) is 4.66. The zero-order valence-electron chi connectivity index (χ0n) is 17.7. The second-order valence-electron chi connectivity index (χ2n) is 9.05. The van der Waals surface area contributed by atoms with Gasteiger partial charge in [-0.3, -0.25) is 4.79 Å². The summed E-state index contributed by atoms with van der Waals surface area (Å²) in [5, 5.41) is 14.7. The number of carbonyl (C=O) groups excluding carboxylic acids is 2. The highest BCUT2D eigenvalue weighted by molar-refractivity contribution is 5.90. The lowest BCUT2D eigenvalue weighted by Crippen LogP contribution is -2.47. The molecule has 0 aliphatic heterocycles. The van der Waals surface area contributed by atoms with Gasteiger partial charge >= 0.3 is 12.1 Å². The van der Waals surface area contributed by atoms with E-state index in [9.17, 15) is 19.5 Å². The highest BCUT2D eigenvalue weighted by Crippen LogP contribution is 2.44. The fourth-order valence-corrected chi connectivity index (χ4v) is 4.66. The number of rotatable bonds is 8. The van der Waals surface area contributed by atoms with Crippen LogP contribution in [0.15, 0.2) is 48.5 Å². The molecule has 7 nitrogen and oxygen atoms in total. The van der Waals surface area contributed by atoms with Crippen molar-refractivity contribution in [1.82, 2.24) is 10.6 Å². The molecule has 5 rings (SSSR count). The van der Waals surface area contributed by atoms with E-state index < -0.39 is 17.6 Å². The van der Waals surface area contributed by atoms with Gasteiger partial charge in [0.1, 0.15) is 12.1 Å². The lowest BCUT2D eigenvalue weighted by molar-refractivity contribution is -0.143. The number of carboxylic acid groups (broad SMARTS) is 1. The number of fused-ring (bicyclic) bond motifs is 3. The standard InChI is InChI=1S/C25H26N2O5/c28-22(27-25(11-12-25)23(29)30)13-21(15-9-10-15)26-24(31)32-14-20-18-7-3-1-5-16(18)17-6-2-4-8-19(17)20/h1-8,15,20-21H,9-14H2,(H,26,31)(H,27,28)(H,29,30). The summed E-state index contributed by atoms with van der Waals surface area (Å²) >= 11 is 0. The van der Waals surface area contributed by atoms with Crippen molar-refractivity contribution in [3.63, 3.8) is 0 Å². The molecule has 1 atom stereocenters. The van der Waals surface area contributed by atoms with Crippen molar-refractivity contribution in [3.05, 3.63) is 59.7 Å². The van der Waals surface area contributed by atoms with Crippen LogP contribution in [0.4, 0.5) is 4.79 Å². The molecule has 2 fully saturated rings. The van der Waals surface area contributed by atoms with Gasteiger partial charge in [0.25, 0.3) is 0 Å². The molecule has 0 heterocycles. The maximum Gasteiger partial charge on any atom is 0.407 e. The smallest absolute Gasteiger partial charge is 0.407 e. The first-order valence-electron chi connectivity index (χ1n) is 11.1. The number of benzene rings is 2. The third-order valence-corrected chi connectivity index (χ3v) is 6.78. The zero-order valence-corrected chi connectivity index (χ0v) is 17.7. The molecule has 2 aromatic rings. The van der Waals surface area contributed by atoms with Crippen LogP contribution in [0.5, 0.6) is 0 Å².